The number of thioether (sulfide) groups is 1. The van der Waals surface area contributed by atoms with E-state index in [1.165, 1.54) is 9.47 Å². The third-order valence-electron chi connectivity index (χ3n) is 6.81. The van der Waals surface area contributed by atoms with Crippen molar-refractivity contribution in [2.75, 3.05) is 10.2 Å². The molecule has 0 aliphatic carbocycles. The van der Waals surface area contributed by atoms with Crippen LogP contribution in [-0.2, 0) is 20.9 Å². The molecule has 0 bridgehead atoms. The molecule has 2 aliphatic heterocycles. The van der Waals surface area contributed by atoms with E-state index < -0.39 is 28.9 Å². The van der Waals surface area contributed by atoms with Gasteiger partial charge in [-0.05, 0) is 48.0 Å². The van der Waals surface area contributed by atoms with E-state index in [1.807, 2.05) is 0 Å². The average molecular weight is 631 g/mol. The average Bonchev–Trinajstić information content (AvgIpc) is 3.38. The Morgan fingerprint density at radius 3 is 2.33 bits per heavy atom. The van der Waals surface area contributed by atoms with Crippen molar-refractivity contribution < 1.29 is 14.4 Å². The lowest BCUT2D eigenvalue weighted by Crippen LogP contribution is -2.33. The second-order valence-electron chi connectivity index (χ2n) is 9.21. The van der Waals surface area contributed by atoms with Crippen molar-refractivity contribution >= 4 is 87.0 Å². The SMILES string of the molecule is O=C(Cn1c2c(sc1=O)[C@@H](c1cccc(Cl)c1Cl)[C@@H]1C(=O)N(c3ccccc3)C(=O)[C@@H]1S2)Nc1ccc(Cl)cc1. The topological polar surface area (TPSA) is 88.5 Å². The van der Waals surface area contributed by atoms with Crippen LogP contribution in [0.4, 0.5) is 11.4 Å². The summed E-state index contributed by atoms with van der Waals surface area (Å²) in [6.07, 6.45) is 0. The van der Waals surface area contributed by atoms with Gasteiger partial charge in [-0.25, -0.2) is 4.90 Å². The second-order valence-corrected chi connectivity index (χ2v) is 12.6. The van der Waals surface area contributed by atoms with Gasteiger partial charge in [0.05, 0.1) is 26.7 Å². The van der Waals surface area contributed by atoms with Crippen molar-refractivity contribution in [1.82, 2.24) is 4.57 Å². The maximum atomic E-state index is 13.9. The number of aromatic nitrogens is 1. The van der Waals surface area contributed by atoms with Gasteiger partial charge in [-0.15, -0.1) is 0 Å². The monoisotopic (exact) mass is 629 g/mol. The molecule has 3 heterocycles. The number of amides is 3. The van der Waals surface area contributed by atoms with E-state index in [-0.39, 0.29) is 22.3 Å². The number of fused-ring (bicyclic) bond motifs is 2. The molecule has 0 saturated carbocycles. The van der Waals surface area contributed by atoms with Crippen LogP contribution in [0.1, 0.15) is 16.4 Å². The number of halogens is 3. The molecular weight excluding hydrogens is 613 g/mol. The number of thiazole rings is 1. The summed E-state index contributed by atoms with van der Waals surface area (Å²) in [7, 11) is 0. The number of imide groups is 1. The Kier molecular flexibility index (Phi) is 7.27. The van der Waals surface area contributed by atoms with Crippen LogP contribution in [0.2, 0.25) is 15.1 Å². The summed E-state index contributed by atoms with van der Waals surface area (Å²) in [6.45, 7) is -0.280. The zero-order valence-corrected chi connectivity index (χ0v) is 24.2. The van der Waals surface area contributed by atoms with Gasteiger partial charge in [-0.3, -0.25) is 23.7 Å². The Labute approximate surface area is 251 Å². The van der Waals surface area contributed by atoms with Gasteiger partial charge in [0.15, 0.2) is 0 Å². The third kappa shape index (κ3) is 4.65. The summed E-state index contributed by atoms with van der Waals surface area (Å²) in [5.41, 5.74) is 1.53. The van der Waals surface area contributed by atoms with Crippen LogP contribution in [0.25, 0.3) is 0 Å². The number of anilines is 2. The van der Waals surface area contributed by atoms with Crippen molar-refractivity contribution in [3.63, 3.8) is 0 Å². The highest BCUT2D eigenvalue weighted by atomic mass is 35.5. The number of nitrogens with zero attached hydrogens (tertiary/aromatic N) is 2. The maximum absolute atomic E-state index is 13.9. The summed E-state index contributed by atoms with van der Waals surface area (Å²) in [4.78, 5) is 55.3. The normalized spacial score (nSPS) is 19.9. The molecule has 40 heavy (non-hydrogen) atoms. The molecule has 1 saturated heterocycles. The van der Waals surface area contributed by atoms with E-state index in [0.29, 0.717) is 36.9 Å². The minimum atomic E-state index is -0.833. The number of hydrogen-bond acceptors (Lipinski definition) is 6. The van der Waals surface area contributed by atoms with Crippen LogP contribution >= 0.6 is 57.9 Å². The molecule has 7 nitrogen and oxygen atoms in total. The van der Waals surface area contributed by atoms with Gasteiger partial charge in [0.1, 0.15) is 11.8 Å². The van der Waals surface area contributed by atoms with Crippen LogP contribution in [0.5, 0.6) is 0 Å². The molecule has 3 aromatic carbocycles. The summed E-state index contributed by atoms with van der Waals surface area (Å²) < 4.78 is 1.35. The van der Waals surface area contributed by atoms with Gasteiger partial charge in [0, 0.05) is 21.5 Å². The molecule has 1 aromatic heterocycles. The number of nitrogens with one attached hydrogen (secondary N) is 1. The van der Waals surface area contributed by atoms with E-state index in [4.69, 9.17) is 34.8 Å². The largest absolute Gasteiger partial charge is 0.325 e. The van der Waals surface area contributed by atoms with Gasteiger partial charge in [0.25, 0.3) is 0 Å². The lowest BCUT2D eigenvalue weighted by Gasteiger charge is -2.31. The highest BCUT2D eigenvalue weighted by molar-refractivity contribution is 8.00. The summed E-state index contributed by atoms with van der Waals surface area (Å²) >= 11 is 21.0. The predicted molar refractivity (Wildman–Crippen MR) is 159 cm³/mol. The van der Waals surface area contributed by atoms with E-state index >= 15 is 0 Å². The van der Waals surface area contributed by atoms with Crippen LogP contribution in [0, 0.1) is 5.92 Å². The molecule has 3 amide bonds. The Morgan fingerprint density at radius 1 is 0.875 bits per heavy atom. The zero-order valence-electron chi connectivity index (χ0n) is 20.3. The van der Waals surface area contributed by atoms with E-state index in [0.717, 1.165) is 23.1 Å². The van der Waals surface area contributed by atoms with Crippen molar-refractivity contribution in [3.05, 3.63) is 108 Å². The molecule has 1 N–H and O–H groups in total. The highest BCUT2D eigenvalue weighted by Crippen LogP contribution is 2.55. The smallest absolute Gasteiger partial charge is 0.308 e. The number of hydrogen-bond donors (Lipinski definition) is 1. The van der Waals surface area contributed by atoms with Gasteiger partial charge >= 0.3 is 4.87 Å². The number of carbonyl (C=O) groups excluding carboxylic acids is 3. The van der Waals surface area contributed by atoms with Gasteiger partial charge in [0.2, 0.25) is 17.7 Å². The Hall–Kier alpha value is -3.08. The minimum Gasteiger partial charge on any atom is -0.325 e. The first-order chi connectivity index (χ1) is 19.2. The van der Waals surface area contributed by atoms with Crippen molar-refractivity contribution in [2.45, 2.75) is 22.7 Å². The maximum Gasteiger partial charge on any atom is 0.308 e. The second kappa shape index (κ2) is 10.7. The molecule has 0 radical (unpaired) electrons. The predicted octanol–water partition coefficient (Wildman–Crippen LogP) is 6.30. The highest BCUT2D eigenvalue weighted by Gasteiger charge is 2.57. The summed E-state index contributed by atoms with van der Waals surface area (Å²) in [5, 5.41) is 3.45. The first kappa shape index (κ1) is 27.1. The van der Waals surface area contributed by atoms with Gasteiger partial charge in [-0.2, -0.15) is 0 Å². The fourth-order valence-electron chi connectivity index (χ4n) is 5.06. The fraction of sp³-hybridized carbons (Fsp3) is 0.143. The number of para-hydroxylation sites is 1. The van der Waals surface area contributed by atoms with Gasteiger partial charge < -0.3 is 5.32 Å². The van der Waals surface area contributed by atoms with Gasteiger partial charge in [-0.1, -0.05) is 88.2 Å². The number of rotatable bonds is 5. The first-order valence-corrected chi connectivity index (χ1v) is 14.9. The first-order valence-electron chi connectivity index (χ1n) is 12.1. The summed E-state index contributed by atoms with van der Waals surface area (Å²) in [5.74, 6) is -2.74. The van der Waals surface area contributed by atoms with E-state index in [9.17, 15) is 19.2 Å². The standard InChI is InChI=1S/C28H18Cl3N3O4S2/c29-14-9-11-15(12-10-14)32-19(35)13-33-27-24(40-28(33)38)20(17-7-4-8-18(30)22(17)31)21-23(39-27)26(37)34(25(21)36)16-5-2-1-3-6-16/h1-12,20-21,23H,13H2,(H,32,35)/t20-,21-,23+/m0/s1. The molecule has 0 unspecified atom stereocenters. The zero-order chi connectivity index (χ0) is 28.1. The fourth-order valence-corrected chi connectivity index (χ4v) is 8.38. The molecule has 12 heteroatoms. The molecule has 0 spiro atoms. The van der Waals surface area contributed by atoms with Crippen molar-refractivity contribution in [3.8, 4) is 0 Å². The Bertz CT molecular complexity index is 1720. The molecule has 1 fully saturated rings. The minimum absolute atomic E-state index is 0.247. The van der Waals surface area contributed by atoms with Crippen LogP contribution in [0.3, 0.4) is 0 Å². The molecule has 6 rings (SSSR count). The third-order valence-corrected chi connectivity index (χ3v) is 10.5. The lowest BCUT2D eigenvalue weighted by molar-refractivity contribution is -0.122. The van der Waals surface area contributed by atoms with E-state index in [1.54, 1.807) is 72.8 Å². The Morgan fingerprint density at radius 2 is 1.60 bits per heavy atom. The molecule has 3 atom stereocenters. The van der Waals surface area contributed by atoms with Crippen LogP contribution in [-0.4, -0.2) is 27.5 Å². The van der Waals surface area contributed by atoms with Crippen molar-refractivity contribution in [2.24, 2.45) is 5.92 Å². The lowest BCUT2D eigenvalue weighted by atomic mass is 9.83. The molecule has 4 aromatic rings. The molecule has 2 aliphatic rings. The Balaban J connectivity index is 1.44. The van der Waals surface area contributed by atoms with Crippen LogP contribution < -0.4 is 15.1 Å². The van der Waals surface area contributed by atoms with Crippen LogP contribution in [0.15, 0.2) is 82.6 Å². The van der Waals surface area contributed by atoms with Crippen molar-refractivity contribution in [1.29, 1.82) is 0 Å². The van der Waals surface area contributed by atoms with E-state index in [2.05, 4.69) is 5.32 Å². The summed E-state index contributed by atoms with van der Waals surface area (Å²) in [6, 6.07) is 20.4. The molecule has 202 valence electrons. The number of benzene rings is 3. The molecular formula is C28H18Cl3N3O4S2. The quantitative estimate of drug-likeness (QED) is 0.261. The number of carbonyl (C=O) groups is 3.